The summed E-state index contributed by atoms with van der Waals surface area (Å²) < 4.78 is 0. The molecule has 1 heterocycles. The molecule has 0 N–H and O–H groups in total. The smallest absolute Gasteiger partial charge is 0.00581 e. The highest BCUT2D eigenvalue weighted by molar-refractivity contribution is 7.80. The third-order valence-electron chi connectivity index (χ3n) is 4.61. The molecule has 0 amide bonds. The standard InChI is InChI=1S/C18H29NS/c1-2-7-16-8-6-12-19(13-11-16)14-18(15-20)17-9-4-3-5-10-17/h3-5,9-10,16,18,20H,2,6-8,11-15H2,1H3. The van der Waals surface area contributed by atoms with E-state index in [1.807, 2.05) is 0 Å². The molecule has 0 saturated carbocycles. The maximum atomic E-state index is 4.58. The fraction of sp³-hybridized carbons (Fsp3) is 0.667. The lowest BCUT2D eigenvalue weighted by atomic mass is 9.96. The molecule has 0 bridgehead atoms. The van der Waals surface area contributed by atoms with Crippen molar-refractivity contribution in [3.05, 3.63) is 35.9 Å². The zero-order valence-corrected chi connectivity index (χ0v) is 13.7. The van der Waals surface area contributed by atoms with Crippen molar-refractivity contribution >= 4 is 12.6 Å². The van der Waals surface area contributed by atoms with Gasteiger partial charge in [0.25, 0.3) is 0 Å². The van der Waals surface area contributed by atoms with E-state index in [2.05, 4.69) is 54.8 Å². The molecular weight excluding hydrogens is 262 g/mol. The summed E-state index contributed by atoms with van der Waals surface area (Å²) in [5.41, 5.74) is 1.44. The molecule has 2 unspecified atom stereocenters. The van der Waals surface area contributed by atoms with E-state index in [0.717, 1.165) is 11.7 Å². The van der Waals surface area contributed by atoms with Crippen LogP contribution in [-0.4, -0.2) is 30.3 Å². The number of hydrogen-bond acceptors (Lipinski definition) is 2. The molecule has 1 saturated heterocycles. The van der Waals surface area contributed by atoms with Crippen molar-refractivity contribution in [2.45, 2.75) is 44.9 Å². The van der Waals surface area contributed by atoms with Crippen molar-refractivity contribution in [3.8, 4) is 0 Å². The molecule has 0 spiro atoms. The van der Waals surface area contributed by atoms with Crippen LogP contribution in [0.3, 0.4) is 0 Å². The summed E-state index contributed by atoms with van der Waals surface area (Å²) in [4.78, 5) is 2.67. The van der Waals surface area contributed by atoms with Crippen LogP contribution in [0.5, 0.6) is 0 Å². The van der Waals surface area contributed by atoms with Crippen LogP contribution < -0.4 is 0 Å². The first-order chi connectivity index (χ1) is 9.83. The number of rotatable bonds is 6. The molecule has 1 aliphatic rings. The van der Waals surface area contributed by atoms with E-state index in [-0.39, 0.29) is 0 Å². The van der Waals surface area contributed by atoms with E-state index in [4.69, 9.17) is 0 Å². The zero-order chi connectivity index (χ0) is 14.2. The van der Waals surface area contributed by atoms with E-state index in [9.17, 15) is 0 Å². The van der Waals surface area contributed by atoms with Gasteiger partial charge in [-0.3, -0.25) is 0 Å². The summed E-state index contributed by atoms with van der Waals surface area (Å²) in [6.07, 6.45) is 6.96. The molecular formula is C18H29NS. The first-order valence-corrected chi connectivity index (χ1v) is 8.85. The monoisotopic (exact) mass is 291 g/mol. The first kappa shape index (κ1) is 15.9. The summed E-state index contributed by atoms with van der Waals surface area (Å²) >= 11 is 4.58. The Morgan fingerprint density at radius 3 is 2.70 bits per heavy atom. The van der Waals surface area contributed by atoms with Crippen LogP contribution in [0, 0.1) is 5.92 Å². The predicted octanol–water partition coefficient (Wildman–Crippen LogP) is 4.60. The van der Waals surface area contributed by atoms with E-state index in [0.29, 0.717) is 5.92 Å². The van der Waals surface area contributed by atoms with E-state index >= 15 is 0 Å². The molecule has 112 valence electrons. The Bertz CT molecular complexity index is 365. The van der Waals surface area contributed by atoms with Crippen LogP contribution in [0.2, 0.25) is 0 Å². The summed E-state index contributed by atoms with van der Waals surface area (Å²) in [6.45, 7) is 6.04. The highest BCUT2D eigenvalue weighted by Gasteiger charge is 2.19. The maximum Gasteiger partial charge on any atom is 0.00581 e. The molecule has 0 radical (unpaired) electrons. The average Bonchev–Trinajstić information content (AvgIpc) is 2.71. The van der Waals surface area contributed by atoms with Gasteiger partial charge in [0.15, 0.2) is 0 Å². The highest BCUT2D eigenvalue weighted by atomic mass is 32.1. The molecule has 1 fully saturated rings. The largest absolute Gasteiger partial charge is 0.303 e. The van der Waals surface area contributed by atoms with Crippen LogP contribution in [0.4, 0.5) is 0 Å². The SMILES string of the molecule is CCCC1CCCN(CC(CS)c2ccccc2)CC1. The van der Waals surface area contributed by atoms with Gasteiger partial charge in [-0.2, -0.15) is 12.6 Å². The predicted molar refractivity (Wildman–Crippen MR) is 91.7 cm³/mol. The Morgan fingerprint density at radius 2 is 2.00 bits per heavy atom. The number of benzene rings is 1. The molecule has 2 atom stereocenters. The maximum absolute atomic E-state index is 4.58. The van der Waals surface area contributed by atoms with Gasteiger partial charge in [-0.15, -0.1) is 0 Å². The van der Waals surface area contributed by atoms with Gasteiger partial charge < -0.3 is 4.90 Å². The number of likely N-dealkylation sites (tertiary alicyclic amines) is 1. The molecule has 20 heavy (non-hydrogen) atoms. The molecule has 2 heteroatoms. The van der Waals surface area contributed by atoms with Gasteiger partial charge in [-0.25, -0.2) is 0 Å². The number of nitrogens with zero attached hydrogens (tertiary/aromatic N) is 1. The van der Waals surface area contributed by atoms with Gasteiger partial charge in [0.05, 0.1) is 0 Å². The summed E-state index contributed by atoms with van der Waals surface area (Å²) in [6, 6.07) is 10.9. The number of thiol groups is 1. The molecule has 0 aromatic heterocycles. The molecule has 1 aliphatic heterocycles. The van der Waals surface area contributed by atoms with Gasteiger partial charge in [-0.1, -0.05) is 50.1 Å². The normalized spacial score (nSPS) is 22.4. The lowest BCUT2D eigenvalue weighted by Crippen LogP contribution is -2.30. The molecule has 1 nitrogen and oxygen atoms in total. The van der Waals surface area contributed by atoms with E-state index in [1.165, 1.54) is 57.3 Å². The first-order valence-electron chi connectivity index (χ1n) is 8.21. The van der Waals surface area contributed by atoms with Gasteiger partial charge >= 0.3 is 0 Å². The Hall–Kier alpha value is -0.470. The molecule has 0 aliphatic carbocycles. The van der Waals surface area contributed by atoms with E-state index < -0.39 is 0 Å². The van der Waals surface area contributed by atoms with Gasteiger partial charge in [-0.05, 0) is 49.6 Å². The average molecular weight is 292 g/mol. The van der Waals surface area contributed by atoms with E-state index in [1.54, 1.807) is 0 Å². The Labute approximate surface area is 130 Å². The lowest BCUT2D eigenvalue weighted by molar-refractivity contribution is 0.267. The Kier molecular flexibility index (Phi) is 6.95. The zero-order valence-electron chi connectivity index (χ0n) is 12.8. The number of hydrogen-bond donors (Lipinski definition) is 1. The van der Waals surface area contributed by atoms with Crippen LogP contribution >= 0.6 is 12.6 Å². The Morgan fingerprint density at radius 1 is 1.20 bits per heavy atom. The third-order valence-corrected chi connectivity index (χ3v) is 5.05. The molecule has 2 rings (SSSR count). The third kappa shape index (κ3) is 4.82. The second-order valence-electron chi connectivity index (χ2n) is 6.18. The fourth-order valence-electron chi connectivity index (χ4n) is 3.41. The van der Waals surface area contributed by atoms with Crippen molar-refractivity contribution in [3.63, 3.8) is 0 Å². The van der Waals surface area contributed by atoms with Crippen LogP contribution in [0.15, 0.2) is 30.3 Å². The molecule has 1 aromatic rings. The van der Waals surface area contributed by atoms with Crippen LogP contribution in [-0.2, 0) is 0 Å². The minimum Gasteiger partial charge on any atom is -0.303 e. The lowest BCUT2D eigenvalue weighted by Gasteiger charge is -2.25. The van der Waals surface area contributed by atoms with Crippen molar-refractivity contribution in [1.82, 2.24) is 4.90 Å². The minimum absolute atomic E-state index is 0.572. The van der Waals surface area contributed by atoms with Crippen molar-refractivity contribution in [2.24, 2.45) is 5.92 Å². The summed E-state index contributed by atoms with van der Waals surface area (Å²) in [7, 11) is 0. The van der Waals surface area contributed by atoms with Crippen LogP contribution in [0.1, 0.15) is 50.5 Å². The summed E-state index contributed by atoms with van der Waals surface area (Å²) in [5.74, 6) is 2.48. The molecule has 1 aromatic carbocycles. The van der Waals surface area contributed by atoms with Crippen molar-refractivity contribution < 1.29 is 0 Å². The van der Waals surface area contributed by atoms with Crippen LogP contribution in [0.25, 0.3) is 0 Å². The van der Waals surface area contributed by atoms with Gasteiger partial charge in [0, 0.05) is 12.5 Å². The second kappa shape index (κ2) is 8.74. The van der Waals surface area contributed by atoms with Crippen molar-refractivity contribution in [1.29, 1.82) is 0 Å². The van der Waals surface area contributed by atoms with Gasteiger partial charge in [0.1, 0.15) is 0 Å². The van der Waals surface area contributed by atoms with Crippen molar-refractivity contribution in [2.75, 3.05) is 25.4 Å². The topological polar surface area (TPSA) is 3.24 Å². The second-order valence-corrected chi connectivity index (χ2v) is 6.54. The minimum atomic E-state index is 0.572. The summed E-state index contributed by atoms with van der Waals surface area (Å²) in [5, 5.41) is 0. The highest BCUT2D eigenvalue weighted by Crippen LogP contribution is 2.24. The van der Waals surface area contributed by atoms with Gasteiger partial charge in [0.2, 0.25) is 0 Å². The quantitative estimate of drug-likeness (QED) is 0.750. The Balaban J connectivity index is 1.88. The fourth-order valence-corrected chi connectivity index (χ4v) is 3.74.